The highest BCUT2D eigenvalue weighted by atomic mass is 79.9. The first-order valence-corrected chi connectivity index (χ1v) is 7.53. The summed E-state index contributed by atoms with van der Waals surface area (Å²) in [5.74, 6) is 0.511. The lowest BCUT2D eigenvalue weighted by molar-refractivity contribution is 0.615. The van der Waals surface area contributed by atoms with Crippen LogP contribution in [-0.4, -0.2) is 6.54 Å². The van der Waals surface area contributed by atoms with Crippen LogP contribution in [-0.2, 0) is 6.54 Å². The maximum Gasteiger partial charge on any atom is 0.0548 e. The van der Waals surface area contributed by atoms with E-state index < -0.39 is 0 Å². The average Bonchev–Trinajstić information content (AvgIpc) is 2.43. The highest BCUT2D eigenvalue weighted by Crippen LogP contribution is 2.23. The molecule has 0 radical (unpaired) electrons. The number of hydrogen-bond acceptors (Lipinski definition) is 1. The highest BCUT2D eigenvalue weighted by molar-refractivity contribution is 9.10. The molecule has 0 bridgehead atoms. The van der Waals surface area contributed by atoms with Gasteiger partial charge in [0.15, 0.2) is 0 Å². The highest BCUT2D eigenvalue weighted by Gasteiger charge is 2.04. The van der Waals surface area contributed by atoms with Crippen molar-refractivity contribution in [2.45, 2.75) is 19.4 Å². The van der Waals surface area contributed by atoms with E-state index in [-0.39, 0.29) is 0 Å². The predicted molar refractivity (Wildman–Crippen MR) is 85.7 cm³/mol. The molecule has 0 spiro atoms. The van der Waals surface area contributed by atoms with Crippen molar-refractivity contribution in [1.29, 1.82) is 0 Å². The topological polar surface area (TPSA) is 12.0 Å². The first-order chi connectivity index (χ1) is 9.16. The molecular formula is C16H17BrClN. The van der Waals surface area contributed by atoms with Crippen molar-refractivity contribution >= 4 is 27.5 Å². The van der Waals surface area contributed by atoms with Crippen LogP contribution in [0.4, 0.5) is 0 Å². The quantitative estimate of drug-likeness (QED) is 0.809. The Kier molecular flexibility index (Phi) is 5.44. The molecule has 1 unspecified atom stereocenters. The van der Waals surface area contributed by atoms with Crippen LogP contribution >= 0.6 is 27.5 Å². The molecule has 1 N–H and O–H groups in total. The monoisotopic (exact) mass is 337 g/mol. The van der Waals surface area contributed by atoms with Gasteiger partial charge in [0.1, 0.15) is 0 Å². The second kappa shape index (κ2) is 7.09. The van der Waals surface area contributed by atoms with Gasteiger partial charge >= 0.3 is 0 Å². The lowest BCUT2D eigenvalue weighted by Crippen LogP contribution is -2.19. The third-order valence-electron chi connectivity index (χ3n) is 3.13. The van der Waals surface area contributed by atoms with E-state index in [9.17, 15) is 0 Å². The molecule has 100 valence electrons. The fraction of sp³-hybridized carbons (Fsp3) is 0.250. The van der Waals surface area contributed by atoms with Gasteiger partial charge in [-0.25, -0.2) is 0 Å². The third kappa shape index (κ3) is 4.34. The van der Waals surface area contributed by atoms with Gasteiger partial charge in [0, 0.05) is 17.6 Å². The molecule has 2 aromatic rings. The van der Waals surface area contributed by atoms with Crippen molar-refractivity contribution in [1.82, 2.24) is 5.32 Å². The fourth-order valence-corrected chi connectivity index (χ4v) is 2.53. The molecule has 0 heterocycles. The summed E-state index contributed by atoms with van der Waals surface area (Å²) in [6, 6.07) is 16.6. The van der Waals surface area contributed by atoms with E-state index in [1.54, 1.807) is 0 Å². The van der Waals surface area contributed by atoms with Crippen LogP contribution in [0, 0.1) is 0 Å². The van der Waals surface area contributed by atoms with Crippen LogP contribution in [0.3, 0.4) is 0 Å². The third-order valence-corrected chi connectivity index (χ3v) is 4.35. The molecule has 0 aromatic heterocycles. The summed E-state index contributed by atoms with van der Waals surface area (Å²) >= 11 is 9.42. The molecular weight excluding hydrogens is 322 g/mol. The number of hydrogen-bond donors (Lipinski definition) is 1. The minimum atomic E-state index is 0.511. The number of halogens is 2. The Morgan fingerprint density at radius 3 is 2.58 bits per heavy atom. The van der Waals surface area contributed by atoms with Crippen LogP contribution < -0.4 is 5.32 Å². The number of rotatable bonds is 5. The van der Waals surface area contributed by atoms with Crippen LogP contribution in [0.5, 0.6) is 0 Å². The summed E-state index contributed by atoms with van der Waals surface area (Å²) < 4.78 is 0.949. The van der Waals surface area contributed by atoms with E-state index in [1.807, 2.05) is 12.1 Å². The van der Waals surface area contributed by atoms with Crippen molar-refractivity contribution in [2.24, 2.45) is 0 Å². The van der Waals surface area contributed by atoms with Gasteiger partial charge in [0.2, 0.25) is 0 Å². The van der Waals surface area contributed by atoms with Crippen LogP contribution in [0.25, 0.3) is 0 Å². The lowest BCUT2D eigenvalue weighted by Gasteiger charge is -2.13. The largest absolute Gasteiger partial charge is 0.312 e. The first-order valence-electron chi connectivity index (χ1n) is 6.36. The summed E-state index contributed by atoms with van der Waals surface area (Å²) in [7, 11) is 0. The maximum absolute atomic E-state index is 5.98. The standard InChI is InChI=1S/C16H17BrClN/c1-12(14-5-3-2-4-6-14)10-19-11-13-7-8-16(18)15(17)9-13/h2-9,12,19H,10-11H2,1H3. The second-order valence-electron chi connectivity index (χ2n) is 4.69. The molecule has 3 heteroatoms. The Hall–Kier alpha value is -0.830. The number of benzene rings is 2. The molecule has 2 rings (SSSR count). The molecule has 0 amide bonds. The van der Waals surface area contributed by atoms with E-state index in [2.05, 4.69) is 64.6 Å². The normalized spacial score (nSPS) is 12.4. The average molecular weight is 339 g/mol. The van der Waals surface area contributed by atoms with Crippen molar-refractivity contribution in [3.63, 3.8) is 0 Å². The van der Waals surface area contributed by atoms with E-state index in [1.165, 1.54) is 11.1 Å². The van der Waals surface area contributed by atoms with E-state index in [0.29, 0.717) is 5.92 Å². The van der Waals surface area contributed by atoms with Crippen molar-refractivity contribution in [3.8, 4) is 0 Å². The summed E-state index contributed by atoms with van der Waals surface area (Å²) in [6.45, 7) is 4.05. The van der Waals surface area contributed by atoms with Gasteiger partial charge in [-0.1, -0.05) is 54.9 Å². The molecule has 1 atom stereocenters. The Balaban J connectivity index is 1.85. The van der Waals surface area contributed by atoms with Crippen molar-refractivity contribution in [2.75, 3.05) is 6.54 Å². The zero-order valence-corrected chi connectivity index (χ0v) is 13.2. The molecule has 19 heavy (non-hydrogen) atoms. The van der Waals surface area contributed by atoms with Gasteiger partial charge in [0.05, 0.1) is 5.02 Å². The Labute approximate surface area is 128 Å². The molecule has 1 nitrogen and oxygen atoms in total. The van der Waals surface area contributed by atoms with Gasteiger partial charge in [-0.2, -0.15) is 0 Å². The van der Waals surface area contributed by atoms with Gasteiger partial charge in [-0.3, -0.25) is 0 Å². The first kappa shape index (κ1) is 14.6. The zero-order valence-electron chi connectivity index (χ0n) is 10.9. The summed E-state index contributed by atoms with van der Waals surface area (Å²) in [6.07, 6.45) is 0. The van der Waals surface area contributed by atoms with Crippen molar-refractivity contribution < 1.29 is 0 Å². The van der Waals surface area contributed by atoms with Gasteiger partial charge in [-0.05, 0) is 45.1 Å². The molecule has 2 aromatic carbocycles. The molecule has 0 saturated carbocycles. The summed E-state index contributed by atoms with van der Waals surface area (Å²) in [5.41, 5.74) is 2.60. The SMILES string of the molecule is CC(CNCc1ccc(Cl)c(Br)c1)c1ccccc1. The molecule has 0 aliphatic carbocycles. The zero-order chi connectivity index (χ0) is 13.7. The van der Waals surface area contributed by atoms with E-state index in [0.717, 1.165) is 22.6 Å². The fourth-order valence-electron chi connectivity index (χ4n) is 1.98. The second-order valence-corrected chi connectivity index (χ2v) is 5.95. The van der Waals surface area contributed by atoms with E-state index >= 15 is 0 Å². The Bertz CT molecular complexity index is 528. The predicted octanol–water partition coefficient (Wildman–Crippen LogP) is 5.00. The molecule has 0 saturated heterocycles. The maximum atomic E-state index is 5.98. The Morgan fingerprint density at radius 2 is 1.89 bits per heavy atom. The van der Waals surface area contributed by atoms with Gasteiger partial charge in [-0.15, -0.1) is 0 Å². The minimum absolute atomic E-state index is 0.511. The smallest absolute Gasteiger partial charge is 0.0548 e. The lowest BCUT2D eigenvalue weighted by atomic mass is 10.0. The molecule has 0 aliphatic rings. The molecule has 0 aliphatic heterocycles. The van der Waals surface area contributed by atoms with Gasteiger partial charge in [0.25, 0.3) is 0 Å². The van der Waals surface area contributed by atoms with Gasteiger partial charge < -0.3 is 5.32 Å². The van der Waals surface area contributed by atoms with Crippen LogP contribution in [0.1, 0.15) is 24.0 Å². The van der Waals surface area contributed by atoms with Crippen LogP contribution in [0.2, 0.25) is 5.02 Å². The summed E-state index contributed by atoms with van der Waals surface area (Å²) in [4.78, 5) is 0. The minimum Gasteiger partial charge on any atom is -0.312 e. The van der Waals surface area contributed by atoms with Crippen molar-refractivity contribution in [3.05, 3.63) is 69.2 Å². The number of nitrogens with one attached hydrogen (secondary N) is 1. The summed E-state index contributed by atoms with van der Waals surface area (Å²) in [5, 5.41) is 4.23. The van der Waals surface area contributed by atoms with E-state index in [4.69, 9.17) is 11.6 Å². The Morgan fingerprint density at radius 1 is 1.16 bits per heavy atom. The van der Waals surface area contributed by atoms with Crippen LogP contribution in [0.15, 0.2) is 53.0 Å². The molecule has 0 fully saturated rings.